The number of nitrogens with one attached hydrogen (secondary N) is 2. The zero-order valence-electron chi connectivity index (χ0n) is 17.2. The van der Waals surface area contributed by atoms with E-state index in [1.165, 1.54) is 36.6 Å². The number of anilines is 1. The second kappa shape index (κ2) is 7.64. The van der Waals surface area contributed by atoms with E-state index in [1.54, 1.807) is 0 Å². The Morgan fingerprint density at radius 2 is 1.97 bits per heavy atom. The van der Waals surface area contributed by atoms with E-state index in [1.807, 2.05) is 27.7 Å². The Bertz CT molecular complexity index is 1060. The van der Waals surface area contributed by atoms with E-state index in [-0.39, 0.29) is 27.4 Å². The van der Waals surface area contributed by atoms with E-state index in [2.05, 4.69) is 10.6 Å². The maximum absolute atomic E-state index is 12.9. The predicted molar refractivity (Wildman–Crippen MR) is 116 cm³/mol. The molecule has 8 nitrogen and oxygen atoms in total. The first-order valence-electron chi connectivity index (χ1n) is 9.15. The first-order valence-corrected chi connectivity index (χ1v) is 10.3. The van der Waals surface area contributed by atoms with E-state index >= 15 is 0 Å². The first-order chi connectivity index (χ1) is 13.9. The molecule has 0 spiro atoms. The average molecular weight is 452 g/mol. The lowest BCUT2D eigenvalue weighted by atomic mass is 9.81. The molecule has 3 rings (SSSR count). The SMILES string of the molecule is COC(=O)c1c(NC(=O)c2cc(Cl)ccc2[N+](=O)[O-])sc2c1CC(C)(C)NC2(C)C. The van der Waals surface area contributed by atoms with Crippen LogP contribution in [-0.4, -0.2) is 29.4 Å². The van der Waals surface area contributed by atoms with Gasteiger partial charge in [0, 0.05) is 27.0 Å². The molecule has 1 aromatic heterocycles. The minimum absolute atomic E-state index is 0.188. The molecule has 2 aromatic rings. The first kappa shape index (κ1) is 22.2. The lowest BCUT2D eigenvalue weighted by molar-refractivity contribution is -0.385. The van der Waals surface area contributed by atoms with Crippen LogP contribution in [0, 0.1) is 10.1 Å². The van der Waals surface area contributed by atoms with Gasteiger partial charge in [-0.15, -0.1) is 11.3 Å². The van der Waals surface area contributed by atoms with Crippen molar-refractivity contribution in [2.45, 2.75) is 45.2 Å². The van der Waals surface area contributed by atoms with Crippen LogP contribution in [0.25, 0.3) is 0 Å². The van der Waals surface area contributed by atoms with Crippen molar-refractivity contribution in [2.24, 2.45) is 0 Å². The quantitative estimate of drug-likeness (QED) is 0.402. The van der Waals surface area contributed by atoms with E-state index in [0.29, 0.717) is 11.4 Å². The van der Waals surface area contributed by atoms with Crippen molar-refractivity contribution >= 4 is 45.5 Å². The Balaban J connectivity index is 2.11. The summed E-state index contributed by atoms with van der Waals surface area (Å²) in [4.78, 5) is 37.1. The zero-order chi connectivity index (χ0) is 22.4. The third-order valence-electron chi connectivity index (χ3n) is 4.86. The van der Waals surface area contributed by atoms with Crippen molar-refractivity contribution in [2.75, 3.05) is 12.4 Å². The number of hydrogen-bond acceptors (Lipinski definition) is 7. The van der Waals surface area contributed by atoms with Crippen LogP contribution < -0.4 is 10.6 Å². The van der Waals surface area contributed by atoms with E-state index in [0.717, 1.165) is 10.4 Å². The molecule has 1 amide bonds. The molecule has 0 saturated carbocycles. The number of esters is 1. The van der Waals surface area contributed by atoms with Crippen molar-refractivity contribution in [3.63, 3.8) is 0 Å². The van der Waals surface area contributed by atoms with Gasteiger partial charge in [0.05, 0.1) is 17.6 Å². The lowest BCUT2D eigenvalue weighted by Gasteiger charge is -2.42. The molecular weight excluding hydrogens is 430 g/mol. The van der Waals surface area contributed by atoms with Gasteiger partial charge in [-0.3, -0.25) is 14.9 Å². The molecule has 1 aromatic carbocycles. The minimum Gasteiger partial charge on any atom is -0.465 e. The highest BCUT2D eigenvalue weighted by Gasteiger charge is 2.42. The molecule has 1 aliphatic heterocycles. The van der Waals surface area contributed by atoms with Gasteiger partial charge < -0.3 is 15.4 Å². The summed E-state index contributed by atoms with van der Waals surface area (Å²) in [6.07, 6.45) is 0.555. The zero-order valence-corrected chi connectivity index (χ0v) is 18.8. The fourth-order valence-corrected chi connectivity index (χ4v) is 5.39. The maximum Gasteiger partial charge on any atom is 0.341 e. The molecule has 10 heteroatoms. The second-order valence-corrected chi connectivity index (χ2v) is 9.75. The van der Waals surface area contributed by atoms with E-state index in [9.17, 15) is 19.7 Å². The Morgan fingerprint density at radius 3 is 2.57 bits per heavy atom. The van der Waals surface area contributed by atoms with Gasteiger partial charge in [-0.05, 0) is 51.8 Å². The number of benzene rings is 1. The third-order valence-corrected chi connectivity index (χ3v) is 6.57. The average Bonchev–Trinajstić information content (AvgIpc) is 2.97. The summed E-state index contributed by atoms with van der Waals surface area (Å²) < 4.78 is 4.97. The molecule has 0 fully saturated rings. The summed E-state index contributed by atoms with van der Waals surface area (Å²) >= 11 is 7.20. The molecule has 0 atom stereocenters. The van der Waals surface area contributed by atoms with Gasteiger partial charge in [0.1, 0.15) is 10.6 Å². The molecular formula is C20H22ClN3O5S. The van der Waals surface area contributed by atoms with Crippen LogP contribution in [-0.2, 0) is 16.7 Å². The van der Waals surface area contributed by atoms with Gasteiger partial charge in [-0.1, -0.05) is 11.6 Å². The van der Waals surface area contributed by atoms with Gasteiger partial charge in [-0.25, -0.2) is 4.79 Å². The third kappa shape index (κ3) is 4.05. The molecule has 0 aliphatic carbocycles. The Kier molecular flexibility index (Phi) is 5.66. The number of thiophene rings is 1. The number of carbonyl (C=O) groups excluding carboxylic acids is 2. The Labute approximate surface area is 182 Å². The topological polar surface area (TPSA) is 111 Å². The normalized spacial score (nSPS) is 16.5. The monoisotopic (exact) mass is 451 g/mol. The van der Waals surface area contributed by atoms with Crippen LogP contribution in [0.1, 0.15) is 58.9 Å². The molecule has 0 bridgehead atoms. The molecule has 160 valence electrons. The van der Waals surface area contributed by atoms with Gasteiger partial charge >= 0.3 is 5.97 Å². The number of amides is 1. The van der Waals surface area contributed by atoms with Gasteiger partial charge in [0.2, 0.25) is 0 Å². The van der Waals surface area contributed by atoms with Crippen LogP contribution >= 0.6 is 22.9 Å². The van der Waals surface area contributed by atoms with Crippen molar-refractivity contribution < 1.29 is 19.2 Å². The summed E-state index contributed by atoms with van der Waals surface area (Å²) in [6.45, 7) is 8.06. The fourth-order valence-electron chi connectivity index (χ4n) is 3.95. The number of methoxy groups -OCH3 is 1. The van der Waals surface area contributed by atoms with Gasteiger partial charge in [0.25, 0.3) is 11.6 Å². The summed E-state index contributed by atoms with van der Waals surface area (Å²) in [6, 6.07) is 3.75. The van der Waals surface area contributed by atoms with Crippen molar-refractivity contribution in [1.82, 2.24) is 5.32 Å². The molecule has 1 aliphatic rings. The maximum atomic E-state index is 12.9. The van der Waals surface area contributed by atoms with Crippen LogP contribution in [0.2, 0.25) is 5.02 Å². The van der Waals surface area contributed by atoms with Gasteiger partial charge in [-0.2, -0.15) is 0 Å². The van der Waals surface area contributed by atoms with Crippen LogP contribution in [0.3, 0.4) is 0 Å². The smallest absolute Gasteiger partial charge is 0.341 e. The number of nitro groups is 1. The number of carbonyl (C=O) groups is 2. The highest BCUT2D eigenvalue weighted by molar-refractivity contribution is 7.17. The van der Waals surface area contributed by atoms with E-state index < -0.39 is 22.3 Å². The van der Waals surface area contributed by atoms with Gasteiger partial charge in [0.15, 0.2) is 0 Å². The number of hydrogen-bond donors (Lipinski definition) is 2. The molecule has 30 heavy (non-hydrogen) atoms. The second-order valence-electron chi connectivity index (χ2n) is 8.29. The van der Waals surface area contributed by atoms with Crippen LogP contribution in [0.15, 0.2) is 18.2 Å². The number of ether oxygens (including phenoxy) is 1. The number of fused-ring (bicyclic) bond motifs is 1. The summed E-state index contributed by atoms with van der Waals surface area (Å²) in [5.74, 6) is -1.30. The Morgan fingerprint density at radius 1 is 1.30 bits per heavy atom. The van der Waals surface area contributed by atoms with E-state index in [4.69, 9.17) is 16.3 Å². The number of rotatable bonds is 4. The standard InChI is InChI=1S/C20H22ClN3O5S/c1-19(2)9-12-14(18(26)29-5)17(30-15(12)20(3,4)23-19)22-16(25)11-8-10(21)6-7-13(11)24(27)28/h6-8,23H,9H2,1-5H3,(H,22,25). The lowest BCUT2D eigenvalue weighted by Crippen LogP contribution is -2.55. The molecule has 2 heterocycles. The summed E-state index contributed by atoms with van der Waals surface area (Å²) in [7, 11) is 1.27. The van der Waals surface area contributed by atoms with Crippen molar-refractivity contribution in [3.05, 3.63) is 54.9 Å². The number of nitrogens with zero attached hydrogens (tertiary/aromatic N) is 1. The summed E-state index contributed by atoms with van der Waals surface area (Å²) in [5.41, 5.74) is -0.217. The minimum atomic E-state index is -0.724. The number of halogens is 1. The van der Waals surface area contributed by atoms with Crippen LogP contribution in [0.5, 0.6) is 0 Å². The van der Waals surface area contributed by atoms with Crippen molar-refractivity contribution in [3.8, 4) is 0 Å². The molecule has 0 saturated heterocycles. The fraction of sp³-hybridized carbons (Fsp3) is 0.400. The number of nitro benzene ring substituents is 1. The highest BCUT2D eigenvalue weighted by atomic mass is 35.5. The Hall–Kier alpha value is -2.49. The largest absolute Gasteiger partial charge is 0.465 e. The predicted octanol–water partition coefficient (Wildman–Crippen LogP) is 4.51. The highest BCUT2D eigenvalue weighted by Crippen LogP contribution is 2.45. The van der Waals surface area contributed by atoms with Crippen molar-refractivity contribution in [1.29, 1.82) is 0 Å². The van der Waals surface area contributed by atoms with Crippen LogP contribution in [0.4, 0.5) is 10.7 Å². The molecule has 0 radical (unpaired) electrons. The molecule has 2 N–H and O–H groups in total. The summed E-state index contributed by atoms with van der Waals surface area (Å²) in [5, 5.41) is 18.0. The molecule has 0 unspecified atom stereocenters.